The van der Waals surface area contributed by atoms with Gasteiger partial charge < -0.3 is 16.0 Å². The maximum absolute atomic E-state index is 13.6. The summed E-state index contributed by atoms with van der Waals surface area (Å²) in [5.74, 6) is -1.17. The molecule has 3 unspecified atom stereocenters. The van der Waals surface area contributed by atoms with E-state index in [4.69, 9.17) is 17.3 Å². The van der Waals surface area contributed by atoms with Crippen molar-refractivity contribution in [3.63, 3.8) is 0 Å². The van der Waals surface area contributed by atoms with Gasteiger partial charge in [-0.15, -0.1) is 23.7 Å². The number of carbonyl (C=O) groups excluding carboxylic acids is 2. The van der Waals surface area contributed by atoms with Gasteiger partial charge in [-0.2, -0.15) is 4.31 Å². The molecule has 0 spiro atoms. The third-order valence-electron chi connectivity index (χ3n) is 6.81. The molecule has 9 nitrogen and oxygen atoms in total. The molecule has 0 aliphatic carbocycles. The smallest absolute Gasteiger partial charge is 0.283 e. The maximum Gasteiger partial charge on any atom is 0.283 e. The van der Waals surface area contributed by atoms with E-state index in [1.165, 1.54) is 26.6 Å². The second-order valence-corrected chi connectivity index (χ2v) is 12.6. The van der Waals surface area contributed by atoms with E-state index < -0.39 is 33.9 Å². The monoisotopic (exact) mass is 583 g/mol. The summed E-state index contributed by atoms with van der Waals surface area (Å²) in [6.07, 6.45) is 0.721. The molecule has 3 heterocycles. The number of sulfonamides is 1. The van der Waals surface area contributed by atoms with Gasteiger partial charge in [-0.3, -0.25) is 9.59 Å². The fourth-order valence-corrected chi connectivity index (χ4v) is 7.78. The molecule has 37 heavy (non-hydrogen) atoms. The molecule has 5 rings (SSSR count). The van der Waals surface area contributed by atoms with Gasteiger partial charge in [0.25, 0.3) is 5.91 Å². The standard InChI is InChI=1S/C24H26ClN5O4S2.ClH/c1-13-9-19-20(12-27-13)35-23(28-19)24(32)29-7-8-30(14(2)21(29)22(26)31)36(33,34)18-6-4-15-10-17(25)5-3-16(15)11-18;/h3-6,10-11,13-14,21,27H,7-9,12H2,1-2H3,(H2,26,31);1H. The number of benzene rings is 2. The number of nitrogens with two attached hydrogens (primary N) is 1. The highest BCUT2D eigenvalue weighted by Crippen LogP contribution is 2.30. The Balaban J connectivity index is 0.00000320. The lowest BCUT2D eigenvalue weighted by Gasteiger charge is -2.43. The van der Waals surface area contributed by atoms with Gasteiger partial charge in [-0.05, 0) is 48.9 Å². The number of nitrogens with zero attached hydrogens (tertiary/aromatic N) is 3. The van der Waals surface area contributed by atoms with E-state index in [1.807, 2.05) is 0 Å². The van der Waals surface area contributed by atoms with E-state index in [-0.39, 0.29) is 36.4 Å². The van der Waals surface area contributed by atoms with Gasteiger partial charge in [0.15, 0.2) is 5.01 Å². The van der Waals surface area contributed by atoms with Crippen LogP contribution in [-0.2, 0) is 27.8 Å². The van der Waals surface area contributed by atoms with E-state index in [0.29, 0.717) is 16.6 Å². The summed E-state index contributed by atoms with van der Waals surface area (Å²) < 4.78 is 28.5. The number of rotatable bonds is 4. The summed E-state index contributed by atoms with van der Waals surface area (Å²) in [4.78, 5) is 33.0. The normalized spacial score (nSPS) is 22.4. The molecule has 1 saturated heterocycles. The van der Waals surface area contributed by atoms with E-state index in [9.17, 15) is 18.0 Å². The molecule has 3 atom stereocenters. The second-order valence-electron chi connectivity index (χ2n) is 9.23. The van der Waals surface area contributed by atoms with Gasteiger partial charge in [-0.1, -0.05) is 23.7 Å². The third kappa shape index (κ3) is 5.08. The highest BCUT2D eigenvalue weighted by atomic mass is 35.5. The topological polar surface area (TPSA) is 126 Å². The Morgan fingerprint density at radius 3 is 2.57 bits per heavy atom. The van der Waals surface area contributed by atoms with Crippen LogP contribution in [0.4, 0.5) is 0 Å². The van der Waals surface area contributed by atoms with Crippen molar-refractivity contribution in [3.05, 3.63) is 57.0 Å². The summed E-state index contributed by atoms with van der Waals surface area (Å²) in [7, 11) is -3.97. The Labute approximate surface area is 230 Å². The fraction of sp³-hybridized carbons (Fsp3) is 0.375. The number of hydrogen-bond acceptors (Lipinski definition) is 7. The average Bonchev–Trinajstić information content (AvgIpc) is 3.25. The molecule has 0 radical (unpaired) electrons. The first-order valence-corrected chi connectivity index (χ1v) is 14.2. The van der Waals surface area contributed by atoms with Crippen molar-refractivity contribution in [2.24, 2.45) is 5.73 Å². The Bertz CT molecular complexity index is 1480. The van der Waals surface area contributed by atoms with E-state index in [0.717, 1.165) is 27.8 Å². The Morgan fingerprint density at radius 1 is 1.14 bits per heavy atom. The summed E-state index contributed by atoms with van der Waals surface area (Å²) in [6.45, 7) is 4.35. The average molecular weight is 585 g/mol. The van der Waals surface area contributed by atoms with Crippen molar-refractivity contribution in [3.8, 4) is 0 Å². The van der Waals surface area contributed by atoms with Crippen LogP contribution in [0.2, 0.25) is 5.02 Å². The van der Waals surface area contributed by atoms with Crippen molar-refractivity contribution >= 4 is 68.0 Å². The van der Waals surface area contributed by atoms with Gasteiger partial charge in [0.2, 0.25) is 15.9 Å². The lowest BCUT2D eigenvalue weighted by molar-refractivity contribution is -0.125. The van der Waals surface area contributed by atoms with Gasteiger partial charge >= 0.3 is 0 Å². The zero-order valence-corrected chi connectivity index (χ0v) is 23.4. The molecular weight excluding hydrogens is 557 g/mol. The van der Waals surface area contributed by atoms with E-state index in [1.54, 1.807) is 37.3 Å². The van der Waals surface area contributed by atoms with Crippen LogP contribution in [0.15, 0.2) is 41.3 Å². The van der Waals surface area contributed by atoms with Gasteiger partial charge in [0, 0.05) is 42.0 Å². The predicted molar refractivity (Wildman–Crippen MR) is 146 cm³/mol. The number of thiazole rings is 1. The fourth-order valence-electron chi connectivity index (χ4n) is 4.94. The first-order chi connectivity index (χ1) is 17.1. The van der Waals surface area contributed by atoms with E-state index >= 15 is 0 Å². The molecule has 2 amide bonds. The third-order valence-corrected chi connectivity index (χ3v) is 10.1. The lowest BCUT2D eigenvalue weighted by Crippen LogP contribution is -2.65. The summed E-state index contributed by atoms with van der Waals surface area (Å²) >= 11 is 7.35. The highest BCUT2D eigenvalue weighted by Gasteiger charge is 2.45. The maximum atomic E-state index is 13.6. The van der Waals surface area contributed by atoms with Crippen molar-refractivity contribution in [1.82, 2.24) is 19.5 Å². The Kier molecular flexibility index (Phi) is 7.85. The van der Waals surface area contributed by atoms with Gasteiger partial charge in [0.05, 0.1) is 16.6 Å². The number of hydrogen-bond donors (Lipinski definition) is 2. The molecule has 3 aromatic rings. The minimum Gasteiger partial charge on any atom is -0.368 e. The molecule has 1 aromatic heterocycles. The Morgan fingerprint density at radius 2 is 1.84 bits per heavy atom. The number of primary amides is 1. The minimum absolute atomic E-state index is 0. The number of halogens is 2. The molecule has 13 heteroatoms. The first kappa shape index (κ1) is 27.7. The van der Waals surface area contributed by atoms with Crippen LogP contribution in [0, 0.1) is 0 Å². The van der Waals surface area contributed by atoms with Crippen molar-refractivity contribution in [2.75, 3.05) is 13.1 Å². The molecule has 2 aliphatic heterocycles. The summed E-state index contributed by atoms with van der Waals surface area (Å²) in [5.41, 5.74) is 6.60. The Hall–Kier alpha value is -2.28. The first-order valence-electron chi connectivity index (χ1n) is 11.6. The second kappa shape index (κ2) is 10.5. The van der Waals surface area contributed by atoms with Crippen LogP contribution in [0.1, 0.15) is 34.2 Å². The molecule has 2 aromatic carbocycles. The number of piperazine rings is 1. The molecule has 198 valence electrons. The molecule has 0 saturated carbocycles. The number of fused-ring (bicyclic) bond motifs is 2. The largest absolute Gasteiger partial charge is 0.368 e. The van der Waals surface area contributed by atoms with Crippen LogP contribution in [0.5, 0.6) is 0 Å². The van der Waals surface area contributed by atoms with Crippen molar-refractivity contribution in [2.45, 2.75) is 49.8 Å². The summed E-state index contributed by atoms with van der Waals surface area (Å²) in [6, 6.07) is 8.30. The van der Waals surface area contributed by atoms with E-state index in [2.05, 4.69) is 17.2 Å². The highest BCUT2D eigenvalue weighted by molar-refractivity contribution is 7.89. The van der Waals surface area contributed by atoms with Gasteiger partial charge in [-0.25, -0.2) is 13.4 Å². The molecule has 0 bridgehead atoms. The van der Waals surface area contributed by atoms with Crippen LogP contribution < -0.4 is 11.1 Å². The lowest BCUT2D eigenvalue weighted by atomic mass is 10.0. The number of amides is 2. The molecule has 2 aliphatic rings. The zero-order chi connectivity index (χ0) is 25.8. The van der Waals surface area contributed by atoms with Crippen LogP contribution >= 0.6 is 35.3 Å². The van der Waals surface area contributed by atoms with Crippen LogP contribution in [0.25, 0.3) is 10.8 Å². The van der Waals surface area contributed by atoms with Crippen molar-refractivity contribution in [1.29, 1.82) is 0 Å². The van der Waals surface area contributed by atoms with Crippen molar-refractivity contribution < 1.29 is 18.0 Å². The number of nitrogens with one attached hydrogen (secondary N) is 1. The molecule has 1 fully saturated rings. The van der Waals surface area contributed by atoms with Crippen LogP contribution in [-0.4, -0.2) is 65.6 Å². The van der Waals surface area contributed by atoms with Crippen LogP contribution in [0.3, 0.4) is 0 Å². The number of carbonyl (C=O) groups is 2. The molecule has 3 N–H and O–H groups in total. The SMILES string of the molecule is CC1Cc2nc(C(=O)N3CCN(S(=O)(=O)c4ccc5cc(Cl)ccc5c4)C(C)C3C(N)=O)sc2CN1.Cl. The quantitative estimate of drug-likeness (QED) is 0.486. The minimum atomic E-state index is -3.97. The summed E-state index contributed by atoms with van der Waals surface area (Å²) in [5, 5.41) is 5.74. The zero-order valence-electron chi connectivity index (χ0n) is 20.2. The predicted octanol–water partition coefficient (Wildman–Crippen LogP) is 2.79. The molecular formula is C24H27Cl2N5O4S2. The number of aromatic nitrogens is 1. The van der Waals surface area contributed by atoms with Gasteiger partial charge in [0.1, 0.15) is 6.04 Å².